The zero-order valence-corrected chi connectivity index (χ0v) is 40.4. The van der Waals surface area contributed by atoms with Crippen molar-refractivity contribution in [1.82, 2.24) is 0 Å². The number of hydrogen-bond donors (Lipinski definition) is 0. The van der Waals surface area contributed by atoms with E-state index in [4.69, 9.17) is 6.57 Å². The molecule has 0 aromatic heterocycles. The summed E-state index contributed by atoms with van der Waals surface area (Å²) < 4.78 is 43.9. The predicted octanol–water partition coefficient (Wildman–Crippen LogP) is 16.6. The zero-order chi connectivity index (χ0) is 46.2. The third kappa shape index (κ3) is 6.33. The number of fused-ring (bicyclic) bond motifs is 4. The summed E-state index contributed by atoms with van der Waals surface area (Å²) in [5.41, 5.74) is 34.1. The Balaban J connectivity index is 1.64. The number of anilines is 3. The van der Waals surface area contributed by atoms with E-state index in [2.05, 4.69) is 133 Å². The van der Waals surface area contributed by atoms with Crippen LogP contribution in [0.4, 0.5) is 35.9 Å². The van der Waals surface area contributed by atoms with E-state index in [0.29, 0.717) is 11.1 Å². The van der Waals surface area contributed by atoms with E-state index < -0.39 is 11.7 Å². The van der Waals surface area contributed by atoms with Gasteiger partial charge in [-0.1, -0.05) is 6.07 Å². The fourth-order valence-electron chi connectivity index (χ4n) is 11.5. The second-order valence-corrected chi connectivity index (χ2v) is 19.2. The van der Waals surface area contributed by atoms with Crippen LogP contribution in [-0.2, 0) is 19.0 Å². The van der Waals surface area contributed by atoms with Gasteiger partial charge in [0.1, 0.15) is 0 Å². The number of aryl methyl sites for hydroxylation is 1. The maximum atomic E-state index is 14.6. The Bertz CT molecular complexity index is 2940. The van der Waals surface area contributed by atoms with Crippen molar-refractivity contribution < 1.29 is 13.2 Å². The molecule has 5 heteroatoms. The third-order valence-corrected chi connectivity index (χ3v) is 16.6. The van der Waals surface area contributed by atoms with E-state index in [-0.39, 0.29) is 11.6 Å². The molecule has 6 aromatic carbocycles. The van der Waals surface area contributed by atoms with Crippen LogP contribution in [0.2, 0.25) is 0 Å². The molecule has 0 saturated carbocycles. The molecule has 0 unspecified atom stereocenters. The first-order valence-corrected chi connectivity index (χ1v) is 22.4. The SMILES string of the molecule is [C-]#[N+]c1cc(-c2cc(N3c4c(C)c(C)c(C)c(C)c4Cc4c(C)c(C)c(C)c(C)c43)c(C3c4c(C)c(C)c(C)c(C)c4Cc4c(C)c(C)c(C)c(C)c43)cc2C)cc(C(F)(F)F)c1. The molecular formula is C58H61F3N2. The van der Waals surface area contributed by atoms with Gasteiger partial charge in [-0.15, -0.1) is 0 Å². The standard InChI is InChI=1S/C58H61F3N2/c1-26-19-51(55-53-39(14)31(6)27(2)35(10)47(53)23-48-36(11)28(3)32(7)40(15)54(48)55)52(25-46(26)43-20-44(58(59,60)61)22-45(21-43)62-18)63-56-41(16)33(8)29(4)37(12)49(56)24-50-38(13)30(5)34(9)42(17)57(50)63/h19-22,25,55H,23-24H2,1-17H3. The average Bonchev–Trinajstić information content (AvgIpc) is 3.26. The van der Waals surface area contributed by atoms with Crippen LogP contribution in [0.1, 0.15) is 145 Å². The van der Waals surface area contributed by atoms with Crippen molar-refractivity contribution in [3.63, 3.8) is 0 Å². The normalized spacial score (nSPS) is 13.5. The quantitative estimate of drug-likeness (QED) is 0.161. The van der Waals surface area contributed by atoms with Gasteiger partial charge in [0.25, 0.3) is 0 Å². The summed E-state index contributed by atoms with van der Waals surface area (Å²) in [6, 6.07) is 8.30. The first-order valence-electron chi connectivity index (χ1n) is 22.4. The van der Waals surface area contributed by atoms with E-state index in [9.17, 15) is 13.2 Å². The Kier molecular flexibility index (Phi) is 10.5. The monoisotopic (exact) mass is 842 g/mol. The molecule has 324 valence electrons. The van der Waals surface area contributed by atoms with Crippen LogP contribution in [0, 0.1) is 124 Å². The van der Waals surface area contributed by atoms with Crippen LogP contribution in [0.15, 0.2) is 30.3 Å². The van der Waals surface area contributed by atoms with Crippen LogP contribution in [0.25, 0.3) is 16.0 Å². The maximum Gasteiger partial charge on any atom is 0.415 e. The molecule has 6 aromatic rings. The average molecular weight is 843 g/mol. The van der Waals surface area contributed by atoms with Crippen LogP contribution >= 0.6 is 0 Å². The lowest BCUT2D eigenvalue weighted by molar-refractivity contribution is -0.137. The highest BCUT2D eigenvalue weighted by Crippen LogP contribution is 2.57. The number of hydrogen-bond acceptors (Lipinski definition) is 1. The highest BCUT2D eigenvalue weighted by atomic mass is 19.4. The molecule has 0 atom stereocenters. The largest absolute Gasteiger partial charge is 0.415 e. The minimum Gasteiger partial charge on any atom is -0.309 e. The molecule has 0 fully saturated rings. The number of rotatable bonds is 3. The Hall–Kier alpha value is -5.60. The molecule has 1 aliphatic carbocycles. The summed E-state index contributed by atoms with van der Waals surface area (Å²) in [6.07, 6.45) is -2.97. The van der Waals surface area contributed by atoms with E-state index in [0.717, 1.165) is 47.1 Å². The van der Waals surface area contributed by atoms with Gasteiger partial charge >= 0.3 is 6.18 Å². The van der Waals surface area contributed by atoms with Crippen molar-refractivity contribution in [3.8, 4) is 11.1 Å². The molecule has 0 radical (unpaired) electrons. The Morgan fingerprint density at radius 1 is 0.476 bits per heavy atom. The first-order chi connectivity index (χ1) is 29.4. The number of alkyl halides is 3. The molecule has 8 rings (SSSR count). The number of benzene rings is 6. The summed E-state index contributed by atoms with van der Waals surface area (Å²) in [5, 5.41) is 0. The lowest BCUT2D eigenvalue weighted by Gasteiger charge is -2.43. The molecule has 2 nitrogen and oxygen atoms in total. The van der Waals surface area contributed by atoms with Crippen LogP contribution < -0.4 is 4.90 Å². The van der Waals surface area contributed by atoms with E-state index >= 15 is 0 Å². The summed E-state index contributed by atoms with van der Waals surface area (Å²) >= 11 is 0. The van der Waals surface area contributed by atoms with Crippen LogP contribution in [0.3, 0.4) is 0 Å². The topological polar surface area (TPSA) is 7.60 Å². The lowest BCUT2D eigenvalue weighted by atomic mass is 9.66. The molecule has 63 heavy (non-hydrogen) atoms. The van der Waals surface area contributed by atoms with Gasteiger partial charge in [0.15, 0.2) is 5.69 Å². The van der Waals surface area contributed by atoms with Gasteiger partial charge in [-0.05, 0) is 293 Å². The fourth-order valence-corrected chi connectivity index (χ4v) is 11.5. The molecule has 0 amide bonds. The van der Waals surface area contributed by atoms with Crippen LogP contribution in [0.5, 0.6) is 0 Å². The summed E-state index contributed by atoms with van der Waals surface area (Å²) in [7, 11) is 0. The smallest absolute Gasteiger partial charge is 0.309 e. The number of nitrogens with zero attached hydrogens (tertiary/aromatic N) is 2. The minimum atomic E-state index is -4.61. The Morgan fingerprint density at radius 2 is 0.873 bits per heavy atom. The van der Waals surface area contributed by atoms with Crippen molar-refractivity contribution in [2.75, 3.05) is 4.90 Å². The highest BCUT2D eigenvalue weighted by Gasteiger charge is 2.40. The lowest BCUT2D eigenvalue weighted by Crippen LogP contribution is -2.28. The molecule has 2 aliphatic rings. The molecule has 0 spiro atoms. The van der Waals surface area contributed by atoms with Gasteiger partial charge in [-0.25, -0.2) is 4.85 Å². The maximum absolute atomic E-state index is 14.6. The van der Waals surface area contributed by atoms with Gasteiger partial charge in [0.05, 0.1) is 23.6 Å². The highest BCUT2D eigenvalue weighted by molar-refractivity contribution is 5.93. The molecule has 0 N–H and O–H groups in total. The van der Waals surface area contributed by atoms with E-state index in [1.807, 2.05) is 6.92 Å². The second-order valence-electron chi connectivity index (χ2n) is 19.2. The molecule has 0 bridgehead atoms. The van der Waals surface area contributed by atoms with Gasteiger partial charge in [-0.3, -0.25) is 0 Å². The predicted molar refractivity (Wildman–Crippen MR) is 258 cm³/mol. The van der Waals surface area contributed by atoms with Crippen molar-refractivity contribution in [1.29, 1.82) is 0 Å². The Labute approximate surface area is 374 Å². The molecule has 1 aliphatic heterocycles. The fraction of sp³-hybridized carbons (Fsp3) is 0.362. The van der Waals surface area contributed by atoms with Crippen LogP contribution in [-0.4, -0.2) is 0 Å². The van der Waals surface area contributed by atoms with Crippen molar-refractivity contribution >= 4 is 22.7 Å². The molecule has 0 saturated heterocycles. The van der Waals surface area contributed by atoms with Crippen molar-refractivity contribution in [2.24, 2.45) is 0 Å². The van der Waals surface area contributed by atoms with E-state index in [1.54, 1.807) is 6.07 Å². The first kappa shape index (κ1) is 44.0. The van der Waals surface area contributed by atoms with E-state index in [1.165, 1.54) is 128 Å². The van der Waals surface area contributed by atoms with Crippen molar-refractivity contribution in [3.05, 3.63) is 181 Å². The molecular weight excluding hydrogens is 782 g/mol. The number of halogens is 3. The minimum absolute atomic E-state index is 0.0299. The molecule has 1 heterocycles. The summed E-state index contributed by atoms with van der Waals surface area (Å²) in [5.74, 6) is -0.169. The summed E-state index contributed by atoms with van der Waals surface area (Å²) in [4.78, 5) is 6.09. The van der Waals surface area contributed by atoms with Gasteiger partial charge < -0.3 is 4.90 Å². The summed E-state index contributed by atoms with van der Waals surface area (Å²) in [6.45, 7) is 46.0. The van der Waals surface area contributed by atoms with Crippen molar-refractivity contribution in [2.45, 2.75) is 143 Å². The van der Waals surface area contributed by atoms with Gasteiger partial charge in [-0.2, -0.15) is 13.2 Å². The Morgan fingerprint density at radius 3 is 1.30 bits per heavy atom. The second kappa shape index (κ2) is 15.0. The third-order valence-electron chi connectivity index (χ3n) is 16.6. The zero-order valence-electron chi connectivity index (χ0n) is 40.4. The van der Waals surface area contributed by atoms with Gasteiger partial charge in [0.2, 0.25) is 0 Å². The van der Waals surface area contributed by atoms with Gasteiger partial charge in [0, 0.05) is 17.9 Å².